The summed E-state index contributed by atoms with van der Waals surface area (Å²) in [6, 6.07) is 16.8. The lowest BCUT2D eigenvalue weighted by Crippen LogP contribution is -3.15. The van der Waals surface area contributed by atoms with E-state index in [1.807, 2.05) is 32.2 Å². The predicted molar refractivity (Wildman–Crippen MR) is 114 cm³/mol. The van der Waals surface area contributed by atoms with Gasteiger partial charge in [-0.25, -0.2) is 0 Å². The summed E-state index contributed by atoms with van der Waals surface area (Å²) in [5.41, 5.74) is 1.91. The number of carbonyl (C=O) groups is 2. The molecule has 0 aliphatic heterocycles. The number of likely N-dealkylation sites (N-methyl/N-ethyl adjacent to an activating group) is 1. The van der Waals surface area contributed by atoms with Gasteiger partial charge in [0.05, 0.1) is 7.05 Å². The number of quaternary nitrogens is 1. The Bertz CT molecular complexity index is 765. The Morgan fingerprint density at radius 2 is 1.71 bits per heavy atom. The van der Waals surface area contributed by atoms with Gasteiger partial charge >= 0.3 is 0 Å². The van der Waals surface area contributed by atoms with Gasteiger partial charge in [-0.2, -0.15) is 0 Å². The first-order valence-corrected chi connectivity index (χ1v) is 9.98. The fraction of sp³-hybridized carbons (Fsp3) is 0.364. The molecule has 0 spiro atoms. The van der Waals surface area contributed by atoms with Crippen molar-refractivity contribution >= 4 is 29.1 Å². The van der Waals surface area contributed by atoms with Crippen LogP contribution in [0.25, 0.3) is 0 Å². The van der Waals surface area contributed by atoms with Gasteiger partial charge in [0, 0.05) is 23.2 Å². The zero-order chi connectivity index (χ0) is 20.5. The van der Waals surface area contributed by atoms with E-state index in [4.69, 9.17) is 11.6 Å². The fourth-order valence-electron chi connectivity index (χ4n) is 2.97. The fourth-order valence-corrected chi connectivity index (χ4v) is 3.09. The first-order chi connectivity index (χ1) is 13.4. The minimum Gasteiger partial charge on any atom is -0.350 e. The predicted octanol–water partition coefficient (Wildman–Crippen LogP) is 2.49. The van der Waals surface area contributed by atoms with E-state index in [9.17, 15) is 9.59 Å². The average molecular weight is 403 g/mol. The lowest BCUT2D eigenvalue weighted by molar-refractivity contribution is -0.885. The molecule has 0 radical (unpaired) electrons. The molecule has 5 nitrogen and oxygen atoms in total. The number of rotatable bonds is 9. The number of carbonyl (C=O) groups excluding carboxylic acids is 2. The summed E-state index contributed by atoms with van der Waals surface area (Å²) in [5, 5.41) is 6.48. The van der Waals surface area contributed by atoms with E-state index in [2.05, 4.69) is 29.7 Å². The Hall–Kier alpha value is -2.37. The zero-order valence-corrected chi connectivity index (χ0v) is 17.4. The van der Waals surface area contributed by atoms with Crippen LogP contribution in [0.3, 0.4) is 0 Å². The van der Waals surface area contributed by atoms with Crippen molar-refractivity contribution in [3.63, 3.8) is 0 Å². The molecular formula is C22H29ClN3O2+. The number of halogens is 1. The molecular weight excluding hydrogens is 374 g/mol. The van der Waals surface area contributed by atoms with Crippen LogP contribution in [0.15, 0.2) is 54.6 Å². The van der Waals surface area contributed by atoms with Crippen LogP contribution >= 0.6 is 11.6 Å². The molecule has 0 aliphatic carbocycles. The van der Waals surface area contributed by atoms with Crippen LogP contribution < -0.4 is 15.5 Å². The van der Waals surface area contributed by atoms with Crippen molar-refractivity contribution in [2.45, 2.75) is 32.2 Å². The van der Waals surface area contributed by atoms with Gasteiger partial charge in [-0.05, 0) is 43.2 Å². The maximum absolute atomic E-state index is 12.5. The second kappa shape index (κ2) is 10.8. The Morgan fingerprint density at radius 3 is 2.32 bits per heavy atom. The van der Waals surface area contributed by atoms with E-state index in [1.54, 1.807) is 24.3 Å². The van der Waals surface area contributed by atoms with Gasteiger partial charge in [0.1, 0.15) is 0 Å². The number of hydrogen-bond acceptors (Lipinski definition) is 2. The molecule has 1 unspecified atom stereocenters. The van der Waals surface area contributed by atoms with Gasteiger partial charge < -0.3 is 15.5 Å². The van der Waals surface area contributed by atoms with E-state index >= 15 is 0 Å². The van der Waals surface area contributed by atoms with Crippen molar-refractivity contribution in [1.29, 1.82) is 0 Å². The van der Waals surface area contributed by atoms with Crippen LogP contribution in [0, 0.1) is 0 Å². The number of anilines is 1. The van der Waals surface area contributed by atoms with Gasteiger partial charge in [-0.15, -0.1) is 0 Å². The quantitative estimate of drug-likeness (QED) is 0.603. The average Bonchev–Trinajstić information content (AvgIpc) is 2.70. The number of benzene rings is 2. The normalized spacial score (nSPS) is 14.0. The van der Waals surface area contributed by atoms with Crippen LogP contribution in [0.5, 0.6) is 0 Å². The van der Waals surface area contributed by atoms with Gasteiger partial charge in [0.15, 0.2) is 12.6 Å². The first kappa shape index (κ1) is 21.9. The maximum Gasteiger partial charge on any atom is 0.279 e. The lowest BCUT2D eigenvalue weighted by Gasteiger charge is -2.22. The van der Waals surface area contributed by atoms with E-state index in [1.165, 1.54) is 5.56 Å². The third-order valence-electron chi connectivity index (χ3n) is 4.99. The van der Waals surface area contributed by atoms with Gasteiger partial charge in [-0.3, -0.25) is 9.59 Å². The Balaban J connectivity index is 1.82. The summed E-state index contributed by atoms with van der Waals surface area (Å²) >= 11 is 5.85. The molecule has 3 atom stereocenters. The topological polar surface area (TPSA) is 62.6 Å². The van der Waals surface area contributed by atoms with Crippen molar-refractivity contribution in [3.05, 3.63) is 65.2 Å². The number of hydrogen-bond donors (Lipinski definition) is 3. The van der Waals surface area contributed by atoms with Crippen molar-refractivity contribution in [2.75, 3.05) is 25.5 Å². The molecule has 2 aromatic carbocycles. The van der Waals surface area contributed by atoms with Crippen LogP contribution in [0.2, 0.25) is 5.02 Å². The van der Waals surface area contributed by atoms with Gasteiger partial charge in [0.25, 0.3) is 11.8 Å². The zero-order valence-electron chi connectivity index (χ0n) is 16.7. The Labute approximate surface area is 172 Å². The van der Waals surface area contributed by atoms with Crippen molar-refractivity contribution in [1.82, 2.24) is 5.32 Å². The van der Waals surface area contributed by atoms with Crippen LogP contribution in [-0.4, -0.2) is 38.0 Å². The third-order valence-corrected chi connectivity index (χ3v) is 5.24. The summed E-state index contributed by atoms with van der Waals surface area (Å²) in [6.45, 7) is 4.75. The molecule has 0 bridgehead atoms. The monoisotopic (exact) mass is 402 g/mol. The minimum atomic E-state index is -0.329. The molecule has 6 heteroatoms. The lowest BCUT2D eigenvalue weighted by atomic mass is 9.96. The van der Waals surface area contributed by atoms with Crippen molar-refractivity contribution < 1.29 is 14.5 Å². The molecule has 2 aromatic rings. The number of amides is 2. The molecule has 2 amide bonds. The minimum absolute atomic E-state index is 0.0498. The van der Waals surface area contributed by atoms with Crippen LogP contribution in [0.1, 0.15) is 31.7 Å². The molecule has 3 N–H and O–H groups in total. The molecule has 2 rings (SSSR count). The van der Waals surface area contributed by atoms with E-state index in [-0.39, 0.29) is 30.3 Å². The van der Waals surface area contributed by atoms with Gasteiger partial charge in [0.2, 0.25) is 0 Å². The molecule has 150 valence electrons. The highest BCUT2D eigenvalue weighted by molar-refractivity contribution is 6.30. The molecule has 0 aromatic heterocycles. The second-order valence-electron chi connectivity index (χ2n) is 7.06. The molecule has 0 aliphatic rings. The molecule has 0 fully saturated rings. The van der Waals surface area contributed by atoms with E-state index in [0.717, 1.165) is 11.3 Å². The van der Waals surface area contributed by atoms with Crippen LogP contribution in [0.4, 0.5) is 5.69 Å². The summed E-state index contributed by atoms with van der Waals surface area (Å²) in [5.74, 6) is 0.0900. The summed E-state index contributed by atoms with van der Waals surface area (Å²) in [6.07, 6.45) is 0.949. The SMILES string of the molecule is CC[C@H](CNC(=O)[C@@H](C)[NH+](C)CC(=O)Nc1ccc(Cl)cc1)c1ccccc1. The standard InChI is InChI=1S/C22H28ClN3O2/c1-4-17(18-8-6-5-7-9-18)14-24-22(28)16(2)26(3)15-21(27)25-20-12-10-19(23)11-13-20/h5-13,16-17H,4,14-15H2,1-3H3,(H,24,28)(H,25,27)/p+1/t16-,17-/m1/s1. The summed E-state index contributed by atoms with van der Waals surface area (Å²) < 4.78 is 0. The largest absolute Gasteiger partial charge is 0.350 e. The molecule has 28 heavy (non-hydrogen) atoms. The smallest absolute Gasteiger partial charge is 0.279 e. The van der Waals surface area contributed by atoms with Crippen molar-refractivity contribution in [3.8, 4) is 0 Å². The van der Waals surface area contributed by atoms with Crippen LogP contribution in [-0.2, 0) is 9.59 Å². The van der Waals surface area contributed by atoms with Gasteiger partial charge in [-0.1, -0.05) is 48.9 Å². The van der Waals surface area contributed by atoms with E-state index in [0.29, 0.717) is 17.3 Å². The number of nitrogens with one attached hydrogen (secondary N) is 3. The van der Waals surface area contributed by atoms with Crippen molar-refractivity contribution in [2.24, 2.45) is 0 Å². The highest BCUT2D eigenvalue weighted by Crippen LogP contribution is 2.17. The molecule has 0 saturated heterocycles. The highest BCUT2D eigenvalue weighted by atomic mass is 35.5. The van der Waals surface area contributed by atoms with E-state index < -0.39 is 0 Å². The first-order valence-electron chi connectivity index (χ1n) is 9.61. The summed E-state index contributed by atoms with van der Waals surface area (Å²) in [7, 11) is 1.85. The summed E-state index contributed by atoms with van der Waals surface area (Å²) in [4.78, 5) is 25.6. The second-order valence-corrected chi connectivity index (χ2v) is 7.50. The maximum atomic E-state index is 12.5. The third kappa shape index (κ3) is 6.66. The Morgan fingerprint density at radius 1 is 1.07 bits per heavy atom. The molecule has 0 heterocycles. The highest BCUT2D eigenvalue weighted by Gasteiger charge is 2.24. The molecule has 0 saturated carbocycles. The Kier molecular flexibility index (Phi) is 8.48.